The molecule has 1 aliphatic heterocycles. The first-order valence-electron chi connectivity index (χ1n) is 7.11. The van der Waals surface area contributed by atoms with E-state index in [1.807, 2.05) is 14.0 Å². The molecule has 102 valence electrons. The third-order valence-electron chi connectivity index (χ3n) is 4.84. The van der Waals surface area contributed by atoms with Crippen LogP contribution in [0, 0.1) is 5.92 Å². The summed E-state index contributed by atoms with van der Waals surface area (Å²) in [6.45, 7) is 4.07. The minimum atomic E-state index is -0.556. The van der Waals surface area contributed by atoms with Gasteiger partial charge in [0.1, 0.15) is 11.6 Å². The maximum atomic E-state index is 12.5. The zero-order valence-electron chi connectivity index (χ0n) is 11.7. The van der Waals surface area contributed by atoms with Crippen molar-refractivity contribution in [2.75, 3.05) is 7.05 Å². The molecule has 2 unspecified atom stereocenters. The molecule has 2 amide bonds. The lowest BCUT2D eigenvalue weighted by atomic mass is 9.77. The molecule has 1 saturated heterocycles. The van der Waals surface area contributed by atoms with Gasteiger partial charge >= 0.3 is 0 Å². The van der Waals surface area contributed by atoms with Gasteiger partial charge in [0.15, 0.2) is 0 Å². The first-order chi connectivity index (χ1) is 8.53. The first kappa shape index (κ1) is 13.4. The Bertz CT molecular complexity index is 346. The van der Waals surface area contributed by atoms with E-state index in [2.05, 4.69) is 12.2 Å². The van der Waals surface area contributed by atoms with Crippen LogP contribution in [0.3, 0.4) is 0 Å². The van der Waals surface area contributed by atoms with Gasteiger partial charge in [-0.3, -0.25) is 9.59 Å². The third-order valence-corrected chi connectivity index (χ3v) is 4.84. The van der Waals surface area contributed by atoms with Crippen molar-refractivity contribution in [3.8, 4) is 0 Å². The van der Waals surface area contributed by atoms with Crippen LogP contribution < -0.4 is 5.32 Å². The Morgan fingerprint density at radius 1 is 1.33 bits per heavy atom. The van der Waals surface area contributed by atoms with Gasteiger partial charge in [0, 0.05) is 7.05 Å². The van der Waals surface area contributed by atoms with E-state index in [1.165, 1.54) is 6.42 Å². The average molecular weight is 252 g/mol. The van der Waals surface area contributed by atoms with Crippen LogP contribution in [0.2, 0.25) is 0 Å². The van der Waals surface area contributed by atoms with Crippen LogP contribution in [0.1, 0.15) is 52.4 Å². The Morgan fingerprint density at radius 2 is 1.94 bits per heavy atom. The fourth-order valence-corrected chi connectivity index (χ4v) is 3.23. The third kappa shape index (κ3) is 1.91. The molecule has 1 spiro atoms. The number of hydrogen-bond donors (Lipinski definition) is 1. The Labute approximate surface area is 109 Å². The quantitative estimate of drug-likeness (QED) is 0.813. The maximum absolute atomic E-state index is 12.5. The van der Waals surface area contributed by atoms with Crippen molar-refractivity contribution in [2.24, 2.45) is 5.92 Å². The molecular weight excluding hydrogens is 228 g/mol. The lowest BCUT2D eigenvalue weighted by Crippen LogP contribution is -2.71. The predicted molar refractivity (Wildman–Crippen MR) is 70.0 cm³/mol. The van der Waals surface area contributed by atoms with Gasteiger partial charge in [0.05, 0.1) is 0 Å². The van der Waals surface area contributed by atoms with E-state index in [0.29, 0.717) is 0 Å². The molecule has 1 saturated carbocycles. The topological polar surface area (TPSA) is 49.4 Å². The predicted octanol–water partition coefficient (Wildman–Crippen LogP) is 1.69. The summed E-state index contributed by atoms with van der Waals surface area (Å²) in [4.78, 5) is 26.6. The number of rotatable bonds is 2. The molecule has 1 heterocycles. The average Bonchev–Trinajstić information content (AvgIpc) is 2.41. The molecule has 1 N–H and O–H groups in total. The molecule has 0 bridgehead atoms. The van der Waals surface area contributed by atoms with Crippen molar-refractivity contribution in [2.45, 2.75) is 64.0 Å². The fourth-order valence-electron chi connectivity index (χ4n) is 3.23. The van der Waals surface area contributed by atoms with Crippen LogP contribution in [-0.2, 0) is 9.59 Å². The van der Waals surface area contributed by atoms with E-state index < -0.39 is 5.54 Å². The minimum absolute atomic E-state index is 0.0644. The summed E-state index contributed by atoms with van der Waals surface area (Å²) in [5.74, 6) is 0.352. The molecule has 4 nitrogen and oxygen atoms in total. The van der Waals surface area contributed by atoms with Crippen molar-refractivity contribution < 1.29 is 9.59 Å². The zero-order chi connectivity index (χ0) is 13.3. The highest BCUT2D eigenvalue weighted by molar-refractivity contribution is 5.99. The van der Waals surface area contributed by atoms with E-state index in [4.69, 9.17) is 0 Å². The largest absolute Gasteiger partial charge is 0.342 e. The van der Waals surface area contributed by atoms with Gasteiger partial charge in [-0.05, 0) is 18.8 Å². The maximum Gasteiger partial charge on any atom is 0.246 e. The Kier molecular flexibility index (Phi) is 3.64. The molecule has 0 aromatic rings. The van der Waals surface area contributed by atoms with Crippen molar-refractivity contribution in [3.05, 3.63) is 0 Å². The van der Waals surface area contributed by atoms with Crippen LogP contribution in [0.25, 0.3) is 0 Å². The van der Waals surface area contributed by atoms with Gasteiger partial charge in [0.25, 0.3) is 0 Å². The number of likely N-dealkylation sites (N-methyl/N-ethyl adjacent to an activating group) is 1. The summed E-state index contributed by atoms with van der Waals surface area (Å²) in [5.41, 5.74) is -0.556. The molecule has 2 fully saturated rings. The highest BCUT2D eigenvalue weighted by Gasteiger charge is 2.51. The van der Waals surface area contributed by atoms with E-state index >= 15 is 0 Å². The zero-order valence-corrected chi connectivity index (χ0v) is 11.7. The molecule has 4 heteroatoms. The number of carbonyl (C=O) groups is 2. The standard InChI is InChI=1S/C14H24N2O2/c1-4-10(2)11-12(17)16(3)14(13(18)15-11)8-6-5-7-9-14/h10-11H,4-9H2,1-3H3,(H,15,18). The van der Waals surface area contributed by atoms with Gasteiger partial charge in [0.2, 0.25) is 11.8 Å². The van der Waals surface area contributed by atoms with Gasteiger partial charge in [-0.15, -0.1) is 0 Å². The highest BCUT2D eigenvalue weighted by atomic mass is 16.2. The lowest BCUT2D eigenvalue weighted by molar-refractivity contribution is -0.159. The number of carbonyl (C=O) groups excluding carboxylic acids is 2. The number of hydrogen-bond acceptors (Lipinski definition) is 2. The summed E-state index contributed by atoms with van der Waals surface area (Å²) < 4.78 is 0. The van der Waals surface area contributed by atoms with Crippen molar-refractivity contribution in [3.63, 3.8) is 0 Å². The van der Waals surface area contributed by atoms with Gasteiger partial charge in [-0.25, -0.2) is 0 Å². The smallest absolute Gasteiger partial charge is 0.246 e. The summed E-state index contributed by atoms with van der Waals surface area (Å²) in [6.07, 6.45) is 5.78. The van der Waals surface area contributed by atoms with Crippen molar-refractivity contribution in [1.82, 2.24) is 10.2 Å². The summed E-state index contributed by atoms with van der Waals surface area (Å²) in [6, 6.07) is -0.333. The summed E-state index contributed by atoms with van der Waals surface area (Å²) in [7, 11) is 1.81. The number of nitrogens with one attached hydrogen (secondary N) is 1. The molecule has 2 rings (SSSR count). The fraction of sp³-hybridized carbons (Fsp3) is 0.857. The lowest BCUT2D eigenvalue weighted by Gasteiger charge is -2.49. The van der Waals surface area contributed by atoms with E-state index in [9.17, 15) is 9.59 Å². The Balaban J connectivity index is 2.23. The molecular formula is C14H24N2O2. The SMILES string of the molecule is CCC(C)C1NC(=O)C2(CCCCC2)N(C)C1=O. The minimum Gasteiger partial charge on any atom is -0.342 e. The van der Waals surface area contributed by atoms with Gasteiger partial charge in [-0.1, -0.05) is 39.5 Å². The van der Waals surface area contributed by atoms with Crippen LogP contribution in [0.15, 0.2) is 0 Å². The second kappa shape index (κ2) is 4.90. The van der Waals surface area contributed by atoms with Crippen LogP contribution in [0.4, 0.5) is 0 Å². The number of piperazine rings is 1. The Morgan fingerprint density at radius 3 is 2.50 bits per heavy atom. The summed E-state index contributed by atoms with van der Waals surface area (Å²) >= 11 is 0. The molecule has 0 aromatic carbocycles. The monoisotopic (exact) mass is 252 g/mol. The van der Waals surface area contributed by atoms with Crippen molar-refractivity contribution >= 4 is 11.8 Å². The molecule has 0 radical (unpaired) electrons. The molecule has 2 aliphatic rings. The highest BCUT2D eigenvalue weighted by Crippen LogP contribution is 2.36. The van der Waals surface area contributed by atoms with Crippen molar-refractivity contribution in [1.29, 1.82) is 0 Å². The molecule has 18 heavy (non-hydrogen) atoms. The van der Waals surface area contributed by atoms with Crippen LogP contribution in [-0.4, -0.2) is 35.3 Å². The van der Waals surface area contributed by atoms with E-state index in [-0.39, 0.29) is 23.8 Å². The second-order valence-electron chi connectivity index (χ2n) is 5.83. The first-order valence-corrected chi connectivity index (χ1v) is 7.11. The normalized spacial score (nSPS) is 29.3. The van der Waals surface area contributed by atoms with Crippen LogP contribution in [0.5, 0.6) is 0 Å². The van der Waals surface area contributed by atoms with Gasteiger partial charge in [-0.2, -0.15) is 0 Å². The van der Waals surface area contributed by atoms with Crippen LogP contribution >= 0.6 is 0 Å². The molecule has 2 atom stereocenters. The number of nitrogens with zero attached hydrogens (tertiary/aromatic N) is 1. The molecule has 1 aliphatic carbocycles. The second-order valence-corrected chi connectivity index (χ2v) is 5.83. The van der Waals surface area contributed by atoms with E-state index in [1.54, 1.807) is 4.90 Å². The number of amides is 2. The Hall–Kier alpha value is -1.06. The summed E-state index contributed by atoms with van der Waals surface area (Å²) in [5, 5.41) is 2.98. The molecule has 0 aromatic heterocycles. The van der Waals surface area contributed by atoms with Gasteiger partial charge < -0.3 is 10.2 Å². The van der Waals surface area contributed by atoms with E-state index in [0.717, 1.165) is 32.1 Å².